The van der Waals surface area contributed by atoms with Crippen LogP contribution in [0.2, 0.25) is 0 Å². The molecule has 0 amide bonds. The molecule has 4 atom stereocenters. The Morgan fingerprint density at radius 2 is 1.41 bits per heavy atom. The average Bonchev–Trinajstić information content (AvgIpc) is 2.68. The molecular formula is C17H33N3O9. The van der Waals surface area contributed by atoms with Crippen LogP contribution in [0.15, 0.2) is 0 Å². The standard InChI is InChI=1S/C17H33N3O9/c1-10(2)3-13(19)16(24)29-12(9-27-15(23)4-18)8-26-7-11(5-21)28-17(25)14(20)6-22/h10-14,21-22H,3-9,18-20H2,1-2H3/t11?,12?,13-,14-/m0/s1. The molecule has 0 aromatic heterocycles. The molecule has 0 aliphatic rings. The Hall–Kier alpha value is -1.83. The SMILES string of the molecule is CC(C)C[C@H](N)C(=O)OC(COCC(CO)OC(=O)[C@@H](N)CO)COC(=O)CN. The van der Waals surface area contributed by atoms with Crippen molar-refractivity contribution in [2.24, 2.45) is 23.1 Å². The largest absolute Gasteiger partial charge is 0.461 e. The van der Waals surface area contributed by atoms with Crippen LogP contribution in [-0.4, -0.2) is 92.0 Å². The molecule has 12 nitrogen and oxygen atoms in total. The Morgan fingerprint density at radius 1 is 0.862 bits per heavy atom. The zero-order chi connectivity index (χ0) is 22.4. The zero-order valence-electron chi connectivity index (χ0n) is 16.8. The fraction of sp³-hybridized carbons (Fsp3) is 0.824. The van der Waals surface area contributed by atoms with Gasteiger partial charge in [0.05, 0.1) is 33.0 Å². The molecule has 0 aromatic carbocycles. The molecule has 0 aromatic rings. The minimum Gasteiger partial charge on any atom is -0.461 e. The summed E-state index contributed by atoms with van der Waals surface area (Å²) in [5.74, 6) is -2.12. The Balaban J connectivity index is 4.70. The van der Waals surface area contributed by atoms with Gasteiger partial charge in [0.15, 0.2) is 6.10 Å². The van der Waals surface area contributed by atoms with Crippen LogP contribution in [-0.2, 0) is 33.3 Å². The third-order valence-electron chi connectivity index (χ3n) is 3.50. The van der Waals surface area contributed by atoms with Crippen LogP contribution < -0.4 is 17.2 Å². The van der Waals surface area contributed by atoms with Crippen molar-refractivity contribution in [1.29, 1.82) is 0 Å². The monoisotopic (exact) mass is 423 g/mol. The van der Waals surface area contributed by atoms with Gasteiger partial charge in [-0.05, 0) is 12.3 Å². The zero-order valence-corrected chi connectivity index (χ0v) is 16.8. The lowest BCUT2D eigenvalue weighted by Crippen LogP contribution is -2.41. The van der Waals surface area contributed by atoms with Crippen LogP contribution >= 0.6 is 0 Å². The van der Waals surface area contributed by atoms with Crippen molar-refractivity contribution in [3.05, 3.63) is 0 Å². The van der Waals surface area contributed by atoms with Crippen molar-refractivity contribution in [3.8, 4) is 0 Å². The lowest BCUT2D eigenvalue weighted by molar-refractivity contribution is -0.167. The molecule has 0 spiro atoms. The van der Waals surface area contributed by atoms with Gasteiger partial charge in [0.1, 0.15) is 24.8 Å². The molecule has 0 heterocycles. The average molecular weight is 423 g/mol. The van der Waals surface area contributed by atoms with E-state index < -0.39 is 55.4 Å². The van der Waals surface area contributed by atoms with Gasteiger partial charge in [-0.25, -0.2) is 0 Å². The first-order valence-electron chi connectivity index (χ1n) is 9.21. The third-order valence-corrected chi connectivity index (χ3v) is 3.50. The number of hydrogen-bond acceptors (Lipinski definition) is 12. The van der Waals surface area contributed by atoms with E-state index >= 15 is 0 Å². The van der Waals surface area contributed by atoms with E-state index in [9.17, 15) is 19.5 Å². The number of aliphatic hydroxyl groups excluding tert-OH is 2. The predicted molar refractivity (Wildman–Crippen MR) is 100 cm³/mol. The van der Waals surface area contributed by atoms with Crippen LogP contribution in [0.25, 0.3) is 0 Å². The van der Waals surface area contributed by atoms with Gasteiger partial charge in [-0.1, -0.05) is 13.8 Å². The topological polar surface area (TPSA) is 207 Å². The van der Waals surface area contributed by atoms with Gasteiger partial charge < -0.3 is 46.4 Å². The minimum absolute atomic E-state index is 0.174. The second-order valence-electron chi connectivity index (χ2n) is 6.75. The molecular weight excluding hydrogens is 390 g/mol. The first-order valence-corrected chi connectivity index (χ1v) is 9.21. The summed E-state index contributed by atoms with van der Waals surface area (Å²) in [7, 11) is 0. The molecule has 0 rings (SSSR count). The van der Waals surface area contributed by atoms with Gasteiger partial charge in [0.2, 0.25) is 0 Å². The van der Waals surface area contributed by atoms with E-state index in [-0.39, 0.29) is 32.3 Å². The molecule has 0 saturated heterocycles. The molecule has 2 unspecified atom stereocenters. The van der Waals surface area contributed by atoms with Gasteiger partial charge in [-0.15, -0.1) is 0 Å². The summed E-state index contributed by atoms with van der Waals surface area (Å²) >= 11 is 0. The summed E-state index contributed by atoms with van der Waals surface area (Å²) in [4.78, 5) is 34.9. The van der Waals surface area contributed by atoms with Gasteiger partial charge in [-0.3, -0.25) is 14.4 Å². The highest BCUT2D eigenvalue weighted by atomic mass is 16.6. The smallest absolute Gasteiger partial charge is 0.325 e. The van der Waals surface area contributed by atoms with Gasteiger partial charge >= 0.3 is 17.9 Å². The third kappa shape index (κ3) is 12.4. The highest BCUT2D eigenvalue weighted by Crippen LogP contribution is 2.07. The van der Waals surface area contributed by atoms with E-state index in [1.54, 1.807) is 0 Å². The molecule has 0 saturated carbocycles. The molecule has 0 fully saturated rings. The maximum Gasteiger partial charge on any atom is 0.325 e. The number of hydrogen-bond donors (Lipinski definition) is 5. The number of carbonyl (C=O) groups excluding carboxylic acids is 3. The molecule has 0 aliphatic heterocycles. The van der Waals surface area contributed by atoms with E-state index in [0.29, 0.717) is 6.42 Å². The summed E-state index contributed by atoms with van der Waals surface area (Å²) < 4.78 is 20.3. The highest BCUT2D eigenvalue weighted by molar-refractivity contribution is 5.76. The predicted octanol–water partition coefficient (Wildman–Crippen LogP) is -2.99. The summed E-state index contributed by atoms with van der Waals surface area (Å²) in [5, 5.41) is 18.1. The number of esters is 3. The normalized spacial score (nSPS) is 15.3. The lowest BCUT2D eigenvalue weighted by atomic mass is 10.1. The second-order valence-corrected chi connectivity index (χ2v) is 6.75. The van der Waals surface area contributed by atoms with Gasteiger partial charge in [0, 0.05) is 0 Å². The van der Waals surface area contributed by atoms with Crippen LogP contribution in [0.1, 0.15) is 20.3 Å². The maximum absolute atomic E-state index is 12.1. The quantitative estimate of drug-likeness (QED) is 0.132. The van der Waals surface area contributed by atoms with Crippen molar-refractivity contribution in [1.82, 2.24) is 0 Å². The highest BCUT2D eigenvalue weighted by Gasteiger charge is 2.24. The fourth-order valence-electron chi connectivity index (χ4n) is 2.00. The summed E-state index contributed by atoms with van der Waals surface area (Å²) in [6, 6.07) is -2.09. The van der Waals surface area contributed by atoms with Crippen LogP contribution in [0.3, 0.4) is 0 Å². The Morgan fingerprint density at radius 3 is 1.93 bits per heavy atom. The summed E-state index contributed by atoms with van der Waals surface area (Å²) in [6.07, 6.45) is -1.62. The first kappa shape index (κ1) is 27.2. The van der Waals surface area contributed by atoms with Crippen molar-refractivity contribution in [2.75, 3.05) is 39.6 Å². The number of nitrogens with two attached hydrogens (primary N) is 3. The van der Waals surface area contributed by atoms with Gasteiger partial charge in [0.25, 0.3) is 0 Å². The van der Waals surface area contributed by atoms with E-state index in [1.807, 2.05) is 13.8 Å². The van der Waals surface area contributed by atoms with E-state index in [2.05, 4.69) is 0 Å². The Labute approximate surface area is 169 Å². The Kier molecular flexibility index (Phi) is 14.1. The lowest BCUT2D eigenvalue weighted by Gasteiger charge is -2.22. The molecule has 0 aliphatic carbocycles. The molecule has 12 heteroatoms. The van der Waals surface area contributed by atoms with Crippen molar-refractivity contribution in [2.45, 2.75) is 44.6 Å². The molecule has 8 N–H and O–H groups in total. The molecule has 0 bridgehead atoms. The summed E-state index contributed by atoms with van der Waals surface area (Å²) in [5.41, 5.74) is 16.3. The Bertz CT molecular complexity index is 505. The van der Waals surface area contributed by atoms with Crippen molar-refractivity contribution in [3.63, 3.8) is 0 Å². The fourth-order valence-corrected chi connectivity index (χ4v) is 2.00. The van der Waals surface area contributed by atoms with E-state index in [4.69, 9.17) is 41.3 Å². The maximum atomic E-state index is 12.1. The number of aliphatic hydroxyl groups is 2. The van der Waals surface area contributed by atoms with Crippen molar-refractivity contribution < 1.29 is 43.5 Å². The molecule has 170 valence electrons. The van der Waals surface area contributed by atoms with Crippen LogP contribution in [0.5, 0.6) is 0 Å². The number of carbonyl (C=O) groups is 3. The van der Waals surface area contributed by atoms with Crippen LogP contribution in [0, 0.1) is 5.92 Å². The van der Waals surface area contributed by atoms with Crippen molar-refractivity contribution >= 4 is 17.9 Å². The van der Waals surface area contributed by atoms with E-state index in [0.717, 1.165) is 0 Å². The number of ether oxygens (including phenoxy) is 4. The van der Waals surface area contributed by atoms with Crippen LogP contribution in [0.4, 0.5) is 0 Å². The minimum atomic E-state index is -1.24. The number of rotatable bonds is 15. The second kappa shape index (κ2) is 15.1. The molecule has 29 heavy (non-hydrogen) atoms. The summed E-state index contributed by atoms with van der Waals surface area (Å²) in [6.45, 7) is 1.49. The first-order chi connectivity index (χ1) is 13.6. The molecule has 0 radical (unpaired) electrons. The van der Waals surface area contributed by atoms with E-state index in [1.165, 1.54) is 0 Å². The van der Waals surface area contributed by atoms with Gasteiger partial charge in [-0.2, -0.15) is 0 Å².